The Morgan fingerprint density at radius 1 is 1.46 bits per heavy atom. The number of benzene rings is 1. The zero-order chi connectivity index (χ0) is 10.2. The first-order valence-electron chi connectivity index (χ1n) is 3.22. The molecule has 0 atom stereocenters. The van der Waals surface area contributed by atoms with Crippen molar-refractivity contribution in [3.63, 3.8) is 0 Å². The van der Waals surface area contributed by atoms with E-state index >= 15 is 0 Å². The van der Waals surface area contributed by atoms with Crippen LogP contribution in [0.1, 0.15) is 5.56 Å². The normalized spacial score (nSPS) is 11.7. The van der Waals surface area contributed by atoms with Crippen LogP contribution in [0.15, 0.2) is 21.5 Å². The van der Waals surface area contributed by atoms with Gasteiger partial charge in [-0.05, 0) is 63.1 Å². The molecule has 0 saturated carbocycles. The van der Waals surface area contributed by atoms with Crippen LogP contribution in [0.25, 0.3) is 0 Å². The first-order chi connectivity index (χ1) is 5.82. The summed E-state index contributed by atoms with van der Waals surface area (Å²) in [5.74, 6) is 0. The lowest BCUT2D eigenvalue weighted by atomic mass is 10.2. The maximum atomic E-state index is 11.1. The Hall–Kier alpha value is 0.670. The first-order valence-corrected chi connectivity index (χ1v) is 7.41. The van der Waals surface area contributed by atoms with Crippen molar-refractivity contribution in [3.05, 3.63) is 25.7 Å². The van der Waals surface area contributed by atoms with Gasteiger partial charge in [-0.2, -0.15) is 0 Å². The standard InChI is InChI=1S/C7H5BrClIO2S/c1-4-2-5(8)7(10)6(3-4)13(9,11)12/h2-3H,1H3. The van der Waals surface area contributed by atoms with Crippen LogP contribution >= 0.6 is 49.2 Å². The van der Waals surface area contributed by atoms with E-state index in [0.717, 1.165) is 10.0 Å². The van der Waals surface area contributed by atoms with Crippen molar-refractivity contribution in [3.8, 4) is 0 Å². The SMILES string of the molecule is Cc1cc(Br)c(I)c(S(=O)(=O)Cl)c1. The lowest BCUT2D eigenvalue weighted by Gasteiger charge is -2.04. The van der Waals surface area contributed by atoms with Gasteiger partial charge in [0, 0.05) is 18.7 Å². The van der Waals surface area contributed by atoms with Gasteiger partial charge in [0.15, 0.2) is 0 Å². The summed E-state index contributed by atoms with van der Waals surface area (Å²) in [7, 11) is 1.61. The molecule has 0 amide bonds. The largest absolute Gasteiger partial charge is 0.262 e. The molecule has 0 radical (unpaired) electrons. The van der Waals surface area contributed by atoms with E-state index in [9.17, 15) is 8.42 Å². The molecule has 0 N–H and O–H groups in total. The highest BCUT2D eigenvalue weighted by Crippen LogP contribution is 2.29. The number of hydrogen-bond donors (Lipinski definition) is 0. The highest BCUT2D eigenvalue weighted by atomic mass is 127. The van der Waals surface area contributed by atoms with Crippen molar-refractivity contribution in [1.82, 2.24) is 0 Å². The quantitative estimate of drug-likeness (QED) is 0.540. The zero-order valence-corrected chi connectivity index (χ0v) is 11.8. The van der Waals surface area contributed by atoms with Gasteiger partial charge in [0.25, 0.3) is 9.05 Å². The molecule has 0 aromatic heterocycles. The summed E-state index contributed by atoms with van der Waals surface area (Å²) in [5.41, 5.74) is 0.853. The molecule has 0 bridgehead atoms. The molecule has 0 aliphatic carbocycles. The molecule has 6 heteroatoms. The van der Waals surface area contributed by atoms with Gasteiger partial charge < -0.3 is 0 Å². The van der Waals surface area contributed by atoms with Crippen LogP contribution in [0.2, 0.25) is 0 Å². The van der Waals surface area contributed by atoms with Crippen LogP contribution in [0.4, 0.5) is 0 Å². The summed E-state index contributed by atoms with van der Waals surface area (Å²) in [5, 5.41) is 0. The van der Waals surface area contributed by atoms with Crippen LogP contribution in [0.3, 0.4) is 0 Å². The molecule has 0 aliphatic rings. The van der Waals surface area contributed by atoms with Crippen molar-refractivity contribution in [2.24, 2.45) is 0 Å². The average Bonchev–Trinajstić information content (AvgIpc) is 1.94. The predicted octanol–water partition coefficient (Wildman–Crippen LogP) is 3.29. The molecular weight excluding hydrogens is 390 g/mol. The molecule has 0 fully saturated rings. The second-order valence-electron chi connectivity index (χ2n) is 2.50. The highest BCUT2D eigenvalue weighted by Gasteiger charge is 2.16. The smallest absolute Gasteiger partial charge is 0.207 e. The number of hydrogen-bond acceptors (Lipinski definition) is 2. The fourth-order valence-electron chi connectivity index (χ4n) is 0.870. The molecule has 0 saturated heterocycles. The molecule has 72 valence electrons. The van der Waals surface area contributed by atoms with Gasteiger partial charge >= 0.3 is 0 Å². The Bertz CT molecular complexity index is 444. The molecule has 13 heavy (non-hydrogen) atoms. The van der Waals surface area contributed by atoms with E-state index in [0.29, 0.717) is 3.57 Å². The lowest BCUT2D eigenvalue weighted by molar-refractivity contribution is 0.609. The molecular formula is C7H5BrClIO2S. The van der Waals surface area contributed by atoms with Crippen molar-refractivity contribution in [1.29, 1.82) is 0 Å². The van der Waals surface area contributed by atoms with Gasteiger partial charge in [0.2, 0.25) is 0 Å². The summed E-state index contributed by atoms with van der Waals surface area (Å²) >= 11 is 5.20. The van der Waals surface area contributed by atoms with Gasteiger partial charge in [-0.25, -0.2) is 8.42 Å². The molecule has 0 spiro atoms. The lowest BCUT2D eigenvalue weighted by Crippen LogP contribution is -1.96. The fraction of sp³-hybridized carbons (Fsp3) is 0.143. The van der Waals surface area contributed by atoms with Gasteiger partial charge in [0.05, 0.1) is 4.90 Å². The van der Waals surface area contributed by atoms with E-state index in [2.05, 4.69) is 15.9 Å². The summed E-state index contributed by atoms with van der Waals surface area (Å²) in [6.07, 6.45) is 0. The maximum absolute atomic E-state index is 11.1. The maximum Gasteiger partial charge on any atom is 0.262 e. The topological polar surface area (TPSA) is 34.1 Å². The van der Waals surface area contributed by atoms with E-state index in [-0.39, 0.29) is 4.90 Å². The zero-order valence-electron chi connectivity index (χ0n) is 6.51. The van der Waals surface area contributed by atoms with E-state index in [1.54, 1.807) is 6.07 Å². The van der Waals surface area contributed by atoms with Crippen LogP contribution in [-0.2, 0) is 9.05 Å². The Morgan fingerprint density at radius 3 is 2.46 bits per heavy atom. The molecule has 1 aromatic carbocycles. The summed E-state index contributed by atoms with van der Waals surface area (Å²) in [4.78, 5) is 0.154. The van der Waals surface area contributed by atoms with Gasteiger partial charge in [-0.3, -0.25) is 0 Å². The van der Waals surface area contributed by atoms with Crippen LogP contribution in [0, 0.1) is 10.5 Å². The van der Waals surface area contributed by atoms with Gasteiger partial charge in [0.1, 0.15) is 0 Å². The van der Waals surface area contributed by atoms with Crippen molar-refractivity contribution < 1.29 is 8.42 Å². The van der Waals surface area contributed by atoms with Crippen molar-refractivity contribution in [2.45, 2.75) is 11.8 Å². The molecule has 2 nitrogen and oxygen atoms in total. The minimum absolute atomic E-state index is 0.154. The molecule has 0 unspecified atom stereocenters. The first kappa shape index (κ1) is 11.7. The highest BCUT2D eigenvalue weighted by molar-refractivity contribution is 14.1. The minimum Gasteiger partial charge on any atom is -0.207 e. The Morgan fingerprint density at radius 2 is 2.00 bits per heavy atom. The van der Waals surface area contributed by atoms with Crippen LogP contribution < -0.4 is 0 Å². The van der Waals surface area contributed by atoms with Crippen LogP contribution in [0.5, 0.6) is 0 Å². The summed E-state index contributed by atoms with van der Waals surface area (Å²) < 4.78 is 23.5. The average molecular weight is 395 g/mol. The number of rotatable bonds is 1. The van der Waals surface area contributed by atoms with Crippen molar-refractivity contribution >= 4 is 58.3 Å². The molecule has 0 heterocycles. The fourth-order valence-corrected chi connectivity index (χ4v) is 4.16. The van der Waals surface area contributed by atoms with E-state index in [4.69, 9.17) is 10.7 Å². The Kier molecular flexibility index (Phi) is 3.65. The van der Waals surface area contributed by atoms with Gasteiger partial charge in [-0.15, -0.1) is 0 Å². The van der Waals surface area contributed by atoms with E-state index < -0.39 is 9.05 Å². The molecule has 0 aliphatic heterocycles. The second kappa shape index (κ2) is 4.04. The predicted molar refractivity (Wildman–Crippen MR) is 64.6 cm³/mol. The minimum atomic E-state index is -3.64. The third kappa shape index (κ3) is 2.81. The number of aryl methyl sites for hydroxylation is 1. The summed E-state index contributed by atoms with van der Waals surface area (Å²) in [6, 6.07) is 3.39. The third-order valence-electron chi connectivity index (χ3n) is 1.40. The Labute approximate surface area is 103 Å². The summed E-state index contributed by atoms with van der Waals surface area (Å²) in [6.45, 7) is 1.81. The monoisotopic (exact) mass is 394 g/mol. The van der Waals surface area contributed by atoms with E-state index in [1.807, 2.05) is 35.6 Å². The Balaban J connectivity index is 3.56. The van der Waals surface area contributed by atoms with Crippen molar-refractivity contribution in [2.75, 3.05) is 0 Å². The van der Waals surface area contributed by atoms with E-state index in [1.165, 1.54) is 0 Å². The van der Waals surface area contributed by atoms with Crippen LogP contribution in [-0.4, -0.2) is 8.42 Å². The third-order valence-corrected chi connectivity index (χ3v) is 5.64. The van der Waals surface area contributed by atoms with Gasteiger partial charge in [-0.1, -0.05) is 0 Å². The number of halogens is 3. The second-order valence-corrected chi connectivity index (χ2v) is 6.96. The molecule has 1 aromatic rings. The molecule has 1 rings (SSSR count).